The Balaban J connectivity index is 2.15. The average molecular weight is 239 g/mol. The molecule has 2 aliphatic rings. The van der Waals surface area contributed by atoms with Gasteiger partial charge in [-0.3, -0.25) is 0 Å². The van der Waals surface area contributed by atoms with Crippen molar-refractivity contribution in [3.05, 3.63) is 0 Å². The highest BCUT2D eigenvalue weighted by molar-refractivity contribution is 5.03. The lowest BCUT2D eigenvalue weighted by atomic mass is 9.63. The second kappa shape index (κ2) is 5.27. The van der Waals surface area contributed by atoms with E-state index in [1.54, 1.807) is 0 Å². The van der Waals surface area contributed by atoms with Crippen LogP contribution in [0, 0.1) is 11.3 Å². The fourth-order valence-corrected chi connectivity index (χ4v) is 4.19. The van der Waals surface area contributed by atoms with Gasteiger partial charge in [-0.25, -0.2) is 0 Å². The molecule has 2 heteroatoms. The maximum atomic E-state index is 11.1. The van der Waals surface area contributed by atoms with Crippen molar-refractivity contribution in [3.8, 4) is 0 Å². The number of aliphatic hydroxyl groups is 1. The molecule has 0 aliphatic heterocycles. The van der Waals surface area contributed by atoms with Crippen molar-refractivity contribution < 1.29 is 5.11 Å². The summed E-state index contributed by atoms with van der Waals surface area (Å²) >= 11 is 0. The van der Waals surface area contributed by atoms with Crippen molar-refractivity contribution in [2.75, 3.05) is 6.54 Å². The smallest absolute Gasteiger partial charge is 0.0718 e. The van der Waals surface area contributed by atoms with Crippen LogP contribution in [0.1, 0.15) is 71.1 Å². The van der Waals surface area contributed by atoms with Crippen molar-refractivity contribution >= 4 is 0 Å². The van der Waals surface area contributed by atoms with Gasteiger partial charge in [-0.2, -0.15) is 0 Å². The molecule has 0 heterocycles. The van der Waals surface area contributed by atoms with Crippen LogP contribution >= 0.6 is 0 Å². The Morgan fingerprint density at radius 1 is 1.06 bits per heavy atom. The summed E-state index contributed by atoms with van der Waals surface area (Å²) in [5.74, 6) is 0.675. The summed E-state index contributed by atoms with van der Waals surface area (Å²) in [5.41, 5.74) is 5.68. The van der Waals surface area contributed by atoms with Gasteiger partial charge >= 0.3 is 0 Å². The number of nitrogens with two attached hydrogens (primary N) is 1. The molecule has 0 bridgehead atoms. The molecule has 100 valence electrons. The Labute approximate surface area is 106 Å². The van der Waals surface area contributed by atoms with Gasteiger partial charge in [0.2, 0.25) is 0 Å². The highest BCUT2D eigenvalue weighted by Gasteiger charge is 2.51. The minimum Gasteiger partial charge on any atom is -0.389 e. The molecular weight excluding hydrogens is 210 g/mol. The summed E-state index contributed by atoms with van der Waals surface area (Å²) in [6, 6.07) is 0. The molecule has 2 unspecified atom stereocenters. The Kier molecular flexibility index (Phi) is 4.14. The van der Waals surface area contributed by atoms with Crippen molar-refractivity contribution in [2.45, 2.75) is 76.7 Å². The van der Waals surface area contributed by atoms with Gasteiger partial charge in [0.1, 0.15) is 0 Å². The van der Waals surface area contributed by atoms with E-state index in [1.807, 2.05) is 0 Å². The van der Waals surface area contributed by atoms with Crippen molar-refractivity contribution in [2.24, 2.45) is 17.1 Å². The highest BCUT2D eigenvalue weighted by Crippen LogP contribution is 2.51. The molecule has 0 aromatic carbocycles. The maximum Gasteiger partial charge on any atom is 0.0718 e. The predicted octanol–water partition coefficient (Wildman–Crippen LogP) is 3.23. The van der Waals surface area contributed by atoms with Crippen molar-refractivity contribution in [1.82, 2.24) is 0 Å². The van der Waals surface area contributed by atoms with Crippen LogP contribution < -0.4 is 5.73 Å². The Morgan fingerprint density at radius 3 is 2.12 bits per heavy atom. The molecule has 2 rings (SSSR count). The molecule has 17 heavy (non-hydrogen) atoms. The number of hydrogen-bond acceptors (Lipinski definition) is 2. The molecular formula is C15H29NO. The third-order valence-corrected chi connectivity index (χ3v) is 5.43. The van der Waals surface area contributed by atoms with Gasteiger partial charge in [0, 0.05) is 12.0 Å². The first-order valence-electron chi connectivity index (χ1n) is 7.54. The van der Waals surface area contributed by atoms with Gasteiger partial charge < -0.3 is 10.8 Å². The Bertz CT molecular complexity index is 245. The molecule has 0 radical (unpaired) electrons. The summed E-state index contributed by atoms with van der Waals surface area (Å²) in [4.78, 5) is 0. The summed E-state index contributed by atoms with van der Waals surface area (Å²) in [6.45, 7) is 2.95. The summed E-state index contributed by atoms with van der Waals surface area (Å²) in [7, 11) is 0. The number of hydrogen-bond donors (Lipinski definition) is 2. The molecule has 0 saturated heterocycles. The van der Waals surface area contributed by atoms with Crippen LogP contribution in [-0.4, -0.2) is 17.3 Å². The van der Waals surface area contributed by atoms with Crippen molar-refractivity contribution in [3.63, 3.8) is 0 Å². The van der Waals surface area contributed by atoms with E-state index in [0.717, 1.165) is 25.7 Å². The minimum atomic E-state index is -0.460. The van der Waals surface area contributed by atoms with Gasteiger partial charge in [0.05, 0.1) is 5.60 Å². The van der Waals surface area contributed by atoms with E-state index in [2.05, 4.69) is 6.92 Å². The molecule has 0 spiro atoms. The predicted molar refractivity (Wildman–Crippen MR) is 71.8 cm³/mol. The molecule has 2 aliphatic carbocycles. The van der Waals surface area contributed by atoms with Gasteiger partial charge in [0.15, 0.2) is 0 Å². The molecule has 2 saturated carbocycles. The first kappa shape index (κ1) is 13.4. The summed E-state index contributed by atoms with van der Waals surface area (Å²) in [6.07, 6.45) is 12.0. The van der Waals surface area contributed by atoms with Crippen LogP contribution in [0.25, 0.3) is 0 Å². The minimum absolute atomic E-state index is 0.0260. The molecule has 2 nitrogen and oxygen atoms in total. The van der Waals surface area contributed by atoms with Gasteiger partial charge in [-0.15, -0.1) is 0 Å². The van der Waals surface area contributed by atoms with Gasteiger partial charge in [-0.1, -0.05) is 39.0 Å². The van der Waals surface area contributed by atoms with Gasteiger partial charge in [0.25, 0.3) is 0 Å². The maximum absolute atomic E-state index is 11.1. The van der Waals surface area contributed by atoms with Crippen LogP contribution in [-0.2, 0) is 0 Å². The monoisotopic (exact) mass is 239 g/mol. The van der Waals surface area contributed by atoms with Crippen LogP contribution in [0.15, 0.2) is 0 Å². The highest BCUT2D eigenvalue weighted by atomic mass is 16.3. The molecule has 0 amide bonds. The van der Waals surface area contributed by atoms with E-state index in [-0.39, 0.29) is 5.41 Å². The zero-order valence-electron chi connectivity index (χ0n) is 11.4. The largest absolute Gasteiger partial charge is 0.389 e. The van der Waals surface area contributed by atoms with E-state index in [1.165, 1.54) is 38.5 Å². The average Bonchev–Trinajstić information content (AvgIpc) is 2.60. The number of rotatable bonds is 2. The lowest BCUT2D eigenvalue weighted by molar-refractivity contribution is -0.0910. The Morgan fingerprint density at radius 2 is 1.65 bits per heavy atom. The lowest BCUT2D eigenvalue weighted by Crippen LogP contribution is -2.51. The van der Waals surface area contributed by atoms with Crippen LogP contribution in [0.4, 0.5) is 0 Å². The van der Waals surface area contributed by atoms with Crippen LogP contribution in [0.5, 0.6) is 0 Å². The topological polar surface area (TPSA) is 46.2 Å². The molecule has 2 atom stereocenters. The third kappa shape index (κ3) is 2.53. The van der Waals surface area contributed by atoms with E-state index < -0.39 is 5.60 Å². The van der Waals surface area contributed by atoms with E-state index in [4.69, 9.17) is 5.73 Å². The Hall–Kier alpha value is -0.0800. The lowest BCUT2D eigenvalue weighted by Gasteiger charge is -2.46. The van der Waals surface area contributed by atoms with Gasteiger partial charge in [-0.05, 0) is 38.0 Å². The SMILES string of the molecule is CC1CCC(O)(C2(CN)CCCCCCC2)C1. The second-order valence-electron chi connectivity index (χ2n) is 6.63. The van der Waals surface area contributed by atoms with Crippen LogP contribution in [0.2, 0.25) is 0 Å². The molecule has 3 N–H and O–H groups in total. The standard InChI is InChI=1S/C15H29NO/c1-13-7-10-15(17,11-13)14(12-16)8-5-3-2-4-6-9-14/h13,17H,2-12,16H2,1H3. The molecule has 0 aromatic heterocycles. The van der Waals surface area contributed by atoms with E-state index in [0.29, 0.717) is 12.5 Å². The van der Waals surface area contributed by atoms with Crippen molar-refractivity contribution in [1.29, 1.82) is 0 Å². The second-order valence-corrected chi connectivity index (χ2v) is 6.63. The quantitative estimate of drug-likeness (QED) is 0.777. The van der Waals surface area contributed by atoms with E-state index in [9.17, 15) is 5.11 Å². The zero-order chi connectivity index (χ0) is 12.4. The first-order valence-corrected chi connectivity index (χ1v) is 7.54. The zero-order valence-corrected chi connectivity index (χ0v) is 11.4. The third-order valence-electron chi connectivity index (χ3n) is 5.43. The summed E-state index contributed by atoms with van der Waals surface area (Å²) < 4.78 is 0. The molecule has 2 fully saturated rings. The first-order chi connectivity index (χ1) is 8.12. The van der Waals surface area contributed by atoms with Crippen LogP contribution in [0.3, 0.4) is 0 Å². The fourth-order valence-electron chi connectivity index (χ4n) is 4.19. The molecule has 0 aromatic rings. The normalized spacial score (nSPS) is 38.6. The summed E-state index contributed by atoms with van der Waals surface area (Å²) in [5, 5.41) is 11.1. The van der Waals surface area contributed by atoms with E-state index >= 15 is 0 Å². The fraction of sp³-hybridized carbons (Fsp3) is 1.00.